The molecule has 1 amide bonds. The van der Waals surface area contributed by atoms with Gasteiger partial charge >= 0.3 is 0 Å². The molecule has 1 aliphatic carbocycles. The minimum Gasteiger partial charge on any atom is -0.471 e. The number of aliphatic hydroxyl groups is 1. The maximum atomic E-state index is 14.3. The molecule has 1 aromatic carbocycles. The largest absolute Gasteiger partial charge is 0.471 e. The van der Waals surface area contributed by atoms with Gasteiger partial charge in [-0.1, -0.05) is 20.8 Å². The fourth-order valence-electron chi connectivity index (χ4n) is 5.27. The highest BCUT2D eigenvalue weighted by Crippen LogP contribution is 2.48. The molecule has 1 aliphatic heterocycles. The Bertz CT molecular complexity index is 1150. The lowest BCUT2D eigenvalue weighted by Gasteiger charge is -2.47. The molecule has 202 valence electrons. The van der Waals surface area contributed by atoms with Crippen LogP contribution in [0.25, 0.3) is 0 Å². The Morgan fingerprint density at radius 1 is 1.24 bits per heavy atom. The summed E-state index contributed by atoms with van der Waals surface area (Å²) in [6.07, 6.45) is 4.71. The topological polar surface area (TPSA) is 83.5 Å². The van der Waals surface area contributed by atoms with Crippen molar-refractivity contribution in [2.45, 2.75) is 90.0 Å². The molecule has 2 aliphatic rings. The van der Waals surface area contributed by atoms with Gasteiger partial charge in [-0.2, -0.15) is 0 Å². The second-order valence-corrected chi connectivity index (χ2v) is 11.7. The summed E-state index contributed by atoms with van der Waals surface area (Å²) in [7, 11) is 0. The number of halogens is 3. The van der Waals surface area contributed by atoms with E-state index in [2.05, 4.69) is 42.5 Å². The summed E-state index contributed by atoms with van der Waals surface area (Å²) in [6.45, 7) is 7.76. The van der Waals surface area contributed by atoms with E-state index in [4.69, 9.17) is 4.74 Å². The van der Waals surface area contributed by atoms with Crippen molar-refractivity contribution in [2.75, 3.05) is 6.54 Å². The number of benzene rings is 1. The van der Waals surface area contributed by atoms with Gasteiger partial charge in [-0.05, 0) is 54.9 Å². The molecule has 4 rings (SSSR count). The lowest BCUT2D eigenvalue weighted by molar-refractivity contribution is -0.120. The first kappa shape index (κ1) is 27.4. The number of rotatable bonds is 8. The van der Waals surface area contributed by atoms with Crippen LogP contribution in [0.2, 0.25) is 0 Å². The number of pyridine rings is 1. The minimum atomic E-state index is -1.32. The second kappa shape index (κ2) is 10.6. The van der Waals surface area contributed by atoms with Crippen molar-refractivity contribution in [3.05, 3.63) is 58.5 Å². The van der Waals surface area contributed by atoms with Crippen molar-refractivity contribution >= 4 is 5.91 Å². The smallest absolute Gasteiger partial charge is 0.218 e. The van der Waals surface area contributed by atoms with E-state index in [1.165, 1.54) is 6.92 Å². The predicted octanol–water partition coefficient (Wildman–Crippen LogP) is 4.53. The number of aromatic nitrogens is 1. The average Bonchev–Trinajstić information content (AvgIpc) is 2.79. The van der Waals surface area contributed by atoms with Gasteiger partial charge in [0, 0.05) is 49.7 Å². The maximum Gasteiger partial charge on any atom is 0.218 e. The third kappa shape index (κ3) is 6.44. The van der Waals surface area contributed by atoms with Gasteiger partial charge < -0.3 is 20.5 Å². The molecule has 1 saturated carbocycles. The summed E-state index contributed by atoms with van der Waals surface area (Å²) < 4.78 is 48.6. The van der Waals surface area contributed by atoms with Gasteiger partial charge in [0.25, 0.3) is 0 Å². The van der Waals surface area contributed by atoms with Gasteiger partial charge in [0.05, 0.1) is 12.1 Å². The Labute approximate surface area is 216 Å². The summed E-state index contributed by atoms with van der Waals surface area (Å²) in [6, 6.07) is 2.44. The summed E-state index contributed by atoms with van der Waals surface area (Å²) in [5.74, 6) is -3.33. The highest BCUT2D eigenvalue weighted by atomic mass is 19.2. The van der Waals surface area contributed by atoms with Crippen molar-refractivity contribution < 1.29 is 27.8 Å². The summed E-state index contributed by atoms with van der Waals surface area (Å²) in [5.41, 5.74) is 1.26. The lowest BCUT2D eigenvalue weighted by atomic mass is 9.73. The molecule has 0 radical (unpaired) electrons. The van der Waals surface area contributed by atoms with Gasteiger partial charge in [0.15, 0.2) is 11.6 Å². The number of nitrogens with zero attached hydrogens (tertiary/aromatic N) is 1. The van der Waals surface area contributed by atoms with E-state index in [9.17, 15) is 23.1 Å². The molecule has 3 atom stereocenters. The molecule has 2 aromatic rings. The Morgan fingerprint density at radius 3 is 2.57 bits per heavy atom. The fourth-order valence-corrected chi connectivity index (χ4v) is 5.27. The van der Waals surface area contributed by atoms with Crippen molar-refractivity contribution in [1.82, 2.24) is 15.6 Å². The van der Waals surface area contributed by atoms with Gasteiger partial charge in [0.1, 0.15) is 11.4 Å². The van der Waals surface area contributed by atoms with Crippen LogP contribution in [0.5, 0.6) is 5.88 Å². The van der Waals surface area contributed by atoms with Crippen LogP contribution in [0, 0.1) is 22.9 Å². The SMILES string of the molecule is CC(=O)N[C@@H](Cc1c(F)ccc(F)c1F)[C@H](O)CN[C@H]1CC2(CCC2)Oc2ncc(CC(C)(C)C)cc21. The van der Waals surface area contributed by atoms with Crippen LogP contribution >= 0.6 is 0 Å². The van der Waals surface area contributed by atoms with E-state index in [1.54, 1.807) is 0 Å². The maximum absolute atomic E-state index is 14.3. The highest BCUT2D eigenvalue weighted by molar-refractivity contribution is 5.73. The molecule has 1 spiro atoms. The van der Waals surface area contributed by atoms with Gasteiger partial charge in [-0.25, -0.2) is 18.2 Å². The van der Waals surface area contributed by atoms with Gasteiger partial charge in [-0.3, -0.25) is 4.79 Å². The monoisotopic (exact) mass is 519 g/mol. The first-order valence-electron chi connectivity index (χ1n) is 12.8. The van der Waals surface area contributed by atoms with Crippen LogP contribution < -0.4 is 15.4 Å². The molecular weight excluding hydrogens is 483 g/mol. The number of aliphatic hydroxyl groups excluding tert-OH is 1. The zero-order valence-electron chi connectivity index (χ0n) is 21.8. The molecule has 6 nitrogen and oxygen atoms in total. The standard InChI is InChI=1S/C28H36F3N3O3/c1-16(35)34-22(11-18-20(29)6-7-21(30)25(18)31)24(36)15-32-23-13-28(8-5-9-28)37-26-19(23)10-17(14-33-26)12-27(2,3)4/h6-7,10,14,22-24,32,36H,5,8-9,11-13,15H2,1-4H3,(H,34,35)/t22-,23-,24+/m0/s1. The number of amides is 1. The Morgan fingerprint density at radius 2 is 1.95 bits per heavy atom. The van der Waals surface area contributed by atoms with E-state index < -0.39 is 47.5 Å². The molecule has 37 heavy (non-hydrogen) atoms. The number of ether oxygens (including phenoxy) is 1. The van der Waals surface area contributed by atoms with E-state index >= 15 is 0 Å². The normalized spacial score (nSPS) is 19.9. The molecule has 0 bridgehead atoms. The predicted molar refractivity (Wildman–Crippen MR) is 134 cm³/mol. The number of nitrogens with one attached hydrogen (secondary N) is 2. The molecule has 0 unspecified atom stereocenters. The second-order valence-electron chi connectivity index (χ2n) is 11.7. The van der Waals surface area contributed by atoms with Crippen LogP contribution in [-0.4, -0.2) is 40.3 Å². The van der Waals surface area contributed by atoms with Crippen molar-refractivity contribution in [2.24, 2.45) is 5.41 Å². The van der Waals surface area contributed by atoms with Gasteiger partial charge in [-0.15, -0.1) is 0 Å². The van der Waals surface area contributed by atoms with Crippen LogP contribution in [0.1, 0.15) is 76.1 Å². The summed E-state index contributed by atoms with van der Waals surface area (Å²) in [5, 5.41) is 16.9. The zero-order chi connectivity index (χ0) is 27.0. The van der Waals surface area contributed by atoms with Crippen molar-refractivity contribution in [3.8, 4) is 5.88 Å². The number of carbonyl (C=O) groups is 1. The third-order valence-electron chi connectivity index (χ3n) is 7.19. The first-order valence-corrected chi connectivity index (χ1v) is 12.8. The summed E-state index contributed by atoms with van der Waals surface area (Å²) in [4.78, 5) is 16.4. The van der Waals surface area contributed by atoms with Crippen LogP contribution in [0.3, 0.4) is 0 Å². The lowest BCUT2D eigenvalue weighted by Crippen LogP contribution is -2.52. The number of hydrogen-bond acceptors (Lipinski definition) is 5. The van der Waals surface area contributed by atoms with Gasteiger partial charge in [0.2, 0.25) is 11.8 Å². The van der Waals surface area contributed by atoms with Crippen molar-refractivity contribution in [1.29, 1.82) is 0 Å². The van der Waals surface area contributed by atoms with Crippen LogP contribution in [0.15, 0.2) is 24.4 Å². The quantitative estimate of drug-likeness (QED) is 0.447. The number of carbonyl (C=O) groups excluding carboxylic acids is 1. The molecule has 9 heteroatoms. The Hall–Kier alpha value is -2.65. The van der Waals surface area contributed by atoms with E-state index in [1.807, 2.05) is 6.20 Å². The molecular formula is C28H36F3N3O3. The molecule has 3 N–H and O–H groups in total. The van der Waals surface area contributed by atoms with Crippen molar-refractivity contribution in [3.63, 3.8) is 0 Å². The highest BCUT2D eigenvalue weighted by Gasteiger charge is 2.46. The van der Waals surface area contributed by atoms with E-state index in [0.717, 1.165) is 42.9 Å². The molecule has 1 aromatic heterocycles. The third-order valence-corrected chi connectivity index (χ3v) is 7.19. The Balaban J connectivity index is 1.53. The number of hydrogen-bond donors (Lipinski definition) is 3. The number of fused-ring (bicyclic) bond motifs is 1. The fraction of sp³-hybridized carbons (Fsp3) is 0.571. The first-order chi connectivity index (χ1) is 17.4. The van der Waals surface area contributed by atoms with Crippen LogP contribution in [0.4, 0.5) is 13.2 Å². The zero-order valence-corrected chi connectivity index (χ0v) is 21.8. The molecule has 1 fully saturated rings. The molecule has 2 heterocycles. The Kier molecular flexibility index (Phi) is 7.85. The molecule has 0 saturated heterocycles. The minimum absolute atomic E-state index is 0.0349. The summed E-state index contributed by atoms with van der Waals surface area (Å²) >= 11 is 0. The average molecular weight is 520 g/mol. The van der Waals surface area contributed by atoms with E-state index in [0.29, 0.717) is 18.4 Å². The van der Waals surface area contributed by atoms with E-state index in [-0.39, 0.29) is 23.6 Å². The van der Waals surface area contributed by atoms with Crippen LogP contribution in [-0.2, 0) is 17.6 Å².